The normalized spacial score (nSPS) is 40.8. The Morgan fingerprint density at radius 2 is 1.72 bits per heavy atom. The molecule has 0 aromatic heterocycles. The van der Waals surface area contributed by atoms with Crippen LogP contribution in [0.5, 0.6) is 0 Å². The number of aliphatic imine (C=N–C) groups is 1. The molecular weight excluding hydrogens is 316 g/mol. The first-order valence-electron chi connectivity index (χ1n) is 9.47. The fourth-order valence-corrected chi connectivity index (χ4v) is 5.84. The van der Waals surface area contributed by atoms with E-state index in [9.17, 15) is 10.5 Å². The van der Waals surface area contributed by atoms with Crippen LogP contribution in [0.25, 0.3) is 0 Å². The van der Waals surface area contributed by atoms with Crippen molar-refractivity contribution in [2.45, 2.75) is 65.2 Å². The summed E-state index contributed by atoms with van der Waals surface area (Å²) < 4.78 is 11.8. The van der Waals surface area contributed by atoms with Crippen LogP contribution in [0.2, 0.25) is 0 Å². The molecule has 2 aliphatic carbocycles. The van der Waals surface area contributed by atoms with Gasteiger partial charge in [0.25, 0.3) is 5.91 Å². The number of nitrogens with two attached hydrogens (primary N) is 1. The zero-order valence-corrected chi connectivity index (χ0v) is 15.5. The third kappa shape index (κ3) is 1.77. The second kappa shape index (κ2) is 5.97. The predicted molar refractivity (Wildman–Crippen MR) is 93.0 cm³/mol. The largest absolute Gasteiger partial charge is 0.386 e. The fraction of sp³-hybridized carbons (Fsp3) is 0.842. The van der Waals surface area contributed by atoms with Crippen molar-refractivity contribution in [1.82, 2.24) is 0 Å². The van der Waals surface area contributed by atoms with Crippen molar-refractivity contribution < 1.29 is 9.47 Å². The van der Waals surface area contributed by atoms with Gasteiger partial charge in [-0.25, -0.2) is 4.99 Å². The minimum Gasteiger partial charge on any atom is -0.386 e. The zero-order valence-electron chi connectivity index (χ0n) is 15.5. The molecular formula is C19H28N4O2. The average molecular weight is 344 g/mol. The Morgan fingerprint density at radius 1 is 1.12 bits per heavy atom. The van der Waals surface area contributed by atoms with E-state index in [0.717, 1.165) is 32.1 Å². The molecule has 2 saturated carbocycles. The molecule has 0 aromatic rings. The lowest BCUT2D eigenvalue weighted by Gasteiger charge is -2.38. The van der Waals surface area contributed by atoms with Gasteiger partial charge >= 0.3 is 0 Å². The number of fused-ring (bicyclic) bond motifs is 3. The molecule has 3 aliphatic rings. The minimum atomic E-state index is -1.46. The van der Waals surface area contributed by atoms with Crippen LogP contribution in [0.3, 0.4) is 0 Å². The highest BCUT2D eigenvalue weighted by molar-refractivity contribution is 6.00. The van der Waals surface area contributed by atoms with Crippen LogP contribution >= 0.6 is 0 Å². The third-order valence-corrected chi connectivity index (χ3v) is 6.73. The quantitative estimate of drug-likeness (QED) is 0.745. The van der Waals surface area contributed by atoms with Gasteiger partial charge in [0.15, 0.2) is 5.41 Å². The number of nitriles is 2. The Morgan fingerprint density at radius 3 is 2.16 bits per heavy atom. The van der Waals surface area contributed by atoms with Gasteiger partial charge in [0.05, 0.1) is 12.1 Å². The lowest BCUT2D eigenvalue weighted by molar-refractivity contribution is -0.262. The minimum absolute atomic E-state index is 0.215. The molecule has 6 nitrogen and oxygen atoms in total. The van der Waals surface area contributed by atoms with Crippen molar-refractivity contribution in [3.63, 3.8) is 0 Å². The van der Waals surface area contributed by atoms with Gasteiger partial charge in [-0.1, -0.05) is 19.8 Å². The summed E-state index contributed by atoms with van der Waals surface area (Å²) in [6.07, 6.45) is 6.00. The first-order chi connectivity index (χ1) is 12.0. The maximum absolute atomic E-state index is 10.3. The zero-order chi connectivity index (χ0) is 18.3. The number of rotatable bonds is 6. The topological polar surface area (TPSA) is 104 Å². The van der Waals surface area contributed by atoms with E-state index >= 15 is 0 Å². The molecule has 0 radical (unpaired) electrons. The summed E-state index contributed by atoms with van der Waals surface area (Å²) in [5.74, 6) is -0.578. The van der Waals surface area contributed by atoms with Gasteiger partial charge in [-0.3, -0.25) is 0 Å². The van der Waals surface area contributed by atoms with Crippen LogP contribution in [0.4, 0.5) is 0 Å². The molecule has 25 heavy (non-hydrogen) atoms. The van der Waals surface area contributed by atoms with Gasteiger partial charge in [0.1, 0.15) is 11.3 Å². The second-order valence-electron chi connectivity index (χ2n) is 7.48. The average Bonchev–Trinajstić information content (AvgIpc) is 3.04. The Labute approximate surface area is 150 Å². The molecule has 0 bridgehead atoms. The highest BCUT2D eigenvalue weighted by atomic mass is 16.7. The molecule has 1 heterocycles. The van der Waals surface area contributed by atoms with Crippen LogP contribution in [0, 0.1) is 44.8 Å². The van der Waals surface area contributed by atoms with E-state index in [1.54, 1.807) is 0 Å². The van der Waals surface area contributed by atoms with Crippen LogP contribution < -0.4 is 5.73 Å². The van der Waals surface area contributed by atoms with Crippen molar-refractivity contribution in [2.24, 2.45) is 32.9 Å². The van der Waals surface area contributed by atoms with Crippen molar-refractivity contribution in [3.05, 3.63) is 0 Å². The standard InChI is InChI=1S/C19H28N4O2/c1-4-7-14-8-10-16(11-9-14)17(12-20)15(22)23-19(24-5-2,25-6-3)18(16,17)13-21/h14H,4-11H2,1-3H3,(H2,22,23)/t14?,16?,17-,18+/m1/s1. The molecule has 6 heteroatoms. The van der Waals surface area contributed by atoms with Crippen LogP contribution in [0.1, 0.15) is 59.3 Å². The van der Waals surface area contributed by atoms with E-state index in [-0.39, 0.29) is 5.84 Å². The molecule has 2 N–H and O–H groups in total. The van der Waals surface area contributed by atoms with E-state index in [2.05, 4.69) is 24.1 Å². The number of amidine groups is 1. The van der Waals surface area contributed by atoms with Gasteiger partial charge in [0.2, 0.25) is 0 Å². The van der Waals surface area contributed by atoms with Gasteiger partial charge in [-0.15, -0.1) is 0 Å². The Bertz CT molecular complexity index is 647. The van der Waals surface area contributed by atoms with Crippen molar-refractivity contribution in [1.29, 1.82) is 10.5 Å². The SMILES string of the molecule is CCCC1CCC2(CC1)[C@]1(C#N)C(OCC)(OCC)N=C(N)[C@]21C#N. The summed E-state index contributed by atoms with van der Waals surface area (Å²) in [6, 6.07) is 4.83. The van der Waals surface area contributed by atoms with E-state index in [4.69, 9.17) is 15.2 Å². The first kappa shape index (κ1) is 18.2. The second-order valence-corrected chi connectivity index (χ2v) is 7.48. The monoisotopic (exact) mass is 344 g/mol. The summed E-state index contributed by atoms with van der Waals surface area (Å²) in [4.78, 5) is 4.43. The van der Waals surface area contributed by atoms with Gasteiger partial charge in [-0.05, 0) is 45.4 Å². The molecule has 136 valence electrons. The molecule has 2 atom stereocenters. The van der Waals surface area contributed by atoms with E-state index in [0.29, 0.717) is 19.1 Å². The molecule has 2 fully saturated rings. The Kier molecular flexibility index (Phi) is 4.34. The molecule has 1 spiro atoms. The van der Waals surface area contributed by atoms with Crippen molar-refractivity contribution in [3.8, 4) is 12.1 Å². The predicted octanol–water partition coefficient (Wildman–Crippen LogP) is 3.09. The van der Waals surface area contributed by atoms with Crippen LogP contribution in [0.15, 0.2) is 4.99 Å². The van der Waals surface area contributed by atoms with E-state index in [1.165, 1.54) is 6.42 Å². The molecule has 3 rings (SSSR count). The highest BCUT2D eigenvalue weighted by Gasteiger charge is 3.00. The molecule has 1 aliphatic heterocycles. The maximum Gasteiger partial charge on any atom is 0.293 e. The van der Waals surface area contributed by atoms with Crippen molar-refractivity contribution >= 4 is 5.84 Å². The van der Waals surface area contributed by atoms with Gasteiger partial charge < -0.3 is 15.2 Å². The lowest BCUT2D eigenvalue weighted by Crippen LogP contribution is -2.46. The summed E-state index contributed by atoms with van der Waals surface area (Å²) in [7, 11) is 0. The number of hydrogen-bond acceptors (Lipinski definition) is 6. The number of hydrogen-bond donors (Lipinski definition) is 1. The number of ether oxygens (including phenoxy) is 2. The first-order valence-corrected chi connectivity index (χ1v) is 9.47. The molecule has 0 saturated heterocycles. The molecule has 0 unspecified atom stereocenters. The van der Waals surface area contributed by atoms with E-state index < -0.39 is 22.2 Å². The van der Waals surface area contributed by atoms with Crippen LogP contribution in [-0.2, 0) is 9.47 Å². The summed E-state index contributed by atoms with van der Waals surface area (Å²) in [5.41, 5.74) is 3.54. The third-order valence-electron chi connectivity index (χ3n) is 6.73. The maximum atomic E-state index is 10.3. The van der Waals surface area contributed by atoms with E-state index in [1.807, 2.05) is 13.8 Å². The van der Waals surface area contributed by atoms with Crippen molar-refractivity contribution in [2.75, 3.05) is 13.2 Å². The smallest absolute Gasteiger partial charge is 0.293 e. The highest BCUT2D eigenvalue weighted by Crippen LogP contribution is 2.89. The van der Waals surface area contributed by atoms with Gasteiger partial charge in [-0.2, -0.15) is 10.5 Å². The summed E-state index contributed by atoms with van der Waals surface area (Å²) >= 11 is 0. The number of nitrogens with zero attached hydrogens (tertiary/aromatic N) is 3. The molecule has 0 aromatic carbocycles. The lowest BCUT2D eigenvalue weighted by atomic mass is 9.71. The fourth-order valence-electron chi connectivity index (χ4n) is 5.84. The Hall–Kier alpha value is -1.63. The van der Waals surface area contributed by atoms with Crippen LogP contribution in [-0.4, -0.2) is 25.0 Å². The summed E-state index contributed by atoms with van der Waals surface area (Å²) in [5, 5.41) is 20.4. The van der Waals surface area contributed by atoms with Gasteiger partial charge in [0, 0.05) is 18.6 Å². The Balaban J connectivity index is 2.07. The summed E-state index contributed by atoms with van der Waals surface area (Å²) in [6.45, 7) is 6.57. The molecule has 0 amide bonds.